The van der Waals surface area contributed by atoms with Gasteiger partial charge in [0.1, 0.15) is 0 Å². The lowest BCUT2D eigenvalue weighted by atomic mass is 9.82. The average molecular weight is 237 g/mol. The predicted molar refractivity (Wildman–Crippen MR) is 72.1 cm³/mol. The van der Waals surface area contributed by atoms with Gasteiger partial charge in [0.2, 0.25) is 0 Å². The molecule has 0 radical (unpaired) electrons. The van der Waals surface area contributed by atoms with E-state index in [0.717, 1.165) is 5.92 Å². The van der Waals surface area contributed by atoms with Crippen molar-refractivity contribution in [1.29, 1.82) is 0 Å². The number of ether oxygens (including phenoxy) is 1. The van der Waals surface area contributed by atoms with E-state index in [1.54, 1.807) is 0 Å². The number of hydrogen-bond donors (Lipinski definition) is 1. The number of allylic oxidation sites excluding steroid dienone is 1. The first-order valence-corrected chi connectivity index (χ1v) is 7.28. The third kappa shape index (κ3) is 3.32. The van der Waals surface area contributed by atoms with E-state index in [0.29, 0.717) is 18.2 Å². The molecule has 2 aliphatic heterocycles. The van der Waals surface area contributed by atoms with Crippen LogP contribution in [0.5, 0.6) is 0 Å². The highest BCUT2D eigenvalue weighted by Gasteiger charge is 2.43. The molecule has 0 aliphatic carbocycles. The first kappa shape index (κ1) is 13.1. The molecular weight excluding hydrogens is 210 g/mol. The monoisotopic (exact) mass is 237 g/mol. The van der Waals surface area contributed by atoms with Crippen molar-refractivity contribution in [2.24, 2.45) is 5.92 Å². The smallest absolute Gasteiger partial charge is 0.0623 e. The molecule has 2 heterocycles. The van der Waals surface area contributed by atoms with Crippen molar-refractivity contribution in [3.63, 3.8) is 0 Å². The molecule has 0 spiro atoms. The number of fused-ring (bicyclic) bond motifs is 2. The van der Waals surface area contributed by atoms with Crippen LogP contribution in [0.25, 0.3) is 0 Å². The zero-order valence-electron chi connectivity index (χ0n) is 11.2. The molecule has 17 heavy (non-hydrogen) atoms. The largest absolute Gasteiger partial charge is 0.375 e. The van der Waals surface area contributed by atoms with E-state index in [1.807, 2.05) is 6.08 Å². The summed E-state index contributed by atoms with van der Waals surface area (Å²) in [6, 6.07) is 0.675. The van der Waals surface area contributed by atoms with E-state index >= 15 is 0 Å². The zero-order chi connectivity index (χ0) is 12.1. The Bertz CT molecular complexity index is 241. The van der Waals surface area contributed by atoms with E-state index in [1.165, 1.54) is 51.4 Å². The summed E-state index contributed by atoms with van der Waals surface area (Å²) in [6.45, 7) is 3.77. The summed E-state index contributed by atoms with van der Waals surface area (Å²) in [7, 11) is 2.11. The molecule has 2 rings (SSSR count). The standard InChI is InChI=1S/C15H27NO/c1-3-4-5-6-7-8-14(16-2)13-11-12-9-10-15(13)17-12/h3,12-16H,1,4-11H2,2H3. The summed E-state index contributed by atoms with van der Waals surface area (Å²) in [5.74, 6) is 0.776. The van der Waals surface area contributed by atoms with Crippen LogP contribution < -0.4 is 5.32 Å². The number of unbranched alkanes of at least 4 members (excludes halogenated alkanes) is 3. The Morgan fingerprint density at radius 1 is 1.35 bits per heavy atom. The van der Waals surface area contributed by atoms with E-state index in [9.17, 15) is 0 Å². The average Bonchev–Trinajstić information content (AvgIpc) is 2.96. The van der Waals surface area contributed by atoms with Crippen molar-refractivity contribution < 1.29 is 4.74 Å². The molecule has 0 saturated carbocycles. The summed E-state index contributed by atoms with van der Waals surface area (Å²) < 4.78 is 5.96. The maximum Gasteiger partial charge on any atom is 0.0623 e. The molecule has 2 heteroatoms. The summed E-state index contributed by atoms with van der Waals surface area (Å²) in [4.78, 5) is 0. The van der Waals surface area contributed by atoms with Crippen LogP contribution in [0, 0.1) is 5.92 Å². The van der Waals surface area contributed by atoms with E-state index < -0.39 is 0 Å². The SMILES string of the molecule is C=CCCCCCC(NC)C1CC2CCC1O2. The Hall–Kier alpha value is -0.340. The van der Waals surface area contributed by atoms with Crippen molar-refractivity contribution in [2.45, 2.75) is 69.6 Å². The van der Waals surface area contributed by atoms with Crippen LogP contribution in [-0.4, -0.2) is 25.3 Å². The minimum Gasteiger partial charge on any atom is -0.375 e. The normalized spacial score (nSPS) is 32.9. The van der Waals surface area contributed by atoms with Crippen LogP contribution in [0.2, 0.25) is 0 Å². The predicted octanol–water partition coefficient (Wildman–Crippen LogP) is 3.28. The maximum atomic E-state index is 5.96. The first-order valence-electron chi connectivity index (χ1n) is 7.28. The molecule has 2 fully saturated rings. The summed E-state index contributed by atoms with van der Waals surface area (Å²) in [5.41, 5.74) is 0. The van der Waals surface area contributed by atoms with Crippen LogP contribution in [-0.2, 0) is 4.74 Å². The Balaban J connectivity index is 1.68. The van der Waals surface area contributed by atoms with Crippen molar-refractivity contribution in [2.75, 3.05) is 7.05 Å². The number of nitrogens with one attached hydrogen (secondary N) is 1. The Morgan fingerprint density at radius 2 is 2.24 bits per heavy atom. The van der Waals surface area contributed by atoms with Gasteiger partial charge in [-0.05, 0) is 45.6 Å². The first-order chi connectivity index (χ1) is 8.35. The Morgan fingerprint density at radius 3 is 2.82 bits per heavy atom. The van der Waals surface area contributed by atoms with Gasteiger partial charge in [-0.2, -0.15) is 0 Å². The van der Waals surface area contributed by atoms with Crippen LogP contribution in [0.15, 0.2) is 12.7 Å². The molecule has 98 valence electrons. The maximum absolute atomic E-state index is 5.96. The fraction of sp³-hybridized carbons (Fsp3) is 0.867. The van der Waals surface area contributed by atoms with E-state index in [-0.39, 0.29) is 0 Å². The van der Waals surface area contributed by atoms with Gasteiger partial charge in [-0.3, -0.25) is 0 Å². The molecule has 2 nitrogen and oxygen atoms in total. The molecule has 2 aliphatic rings. The lowest BCUT2D eigenvalue weighted by molar-refractivity contribution is 0.0854. The molecule has 0 aromatic rings. The Labute approximate surface area is 106 Å². The number of hydrogen-bond acceptors (Lipinski definition) is 2. The molecular formula is C15H27NO. The van der Waals surface area contributed by atoms with Crippen molar-refractivity contribution in [3.05, 3.63) is 12.7 Å². The van der Waals surface area contributed by atoms with Gasteiger partial charge in [-0.1, -0.05) is 18.9 Å². The summed E-state index contributed by atoms with van der Waals surface area (Å²) in [6.07, 6.45) is 13.5. The number of rotatable bonds is 8. The summed E-state index contributed by atoms with van der Waals surface area (Å²) in [5, 5.41) is 3.52. The highest BCUT2D eigenvalue weighted by Crippen LogP contribution is 2.41. The van der Waals surface area contributed by atoms with Crippen molar-refractivity contribution in [1.82, 2.24) is 5.32 Å². The fourth-order valence-electron chi connectivity index (χ4n) is 3.50. The highest BCUT2D eigenvalue weighted by atomic mass is 16.5. The molecule has 1 N–H and O–H groups in total. The van der Waals surface area contributed by atoms with E-state index in [4.69, 9.17) is 4.74 Å². The van der Waals surface area contributed by atoms with Gasteiger partial charge in [0.15, 0.2) is 0 Å². The second kappa shape index (κ2) is 6.55. The lowest BCUT2D eigenvalue weighted by Crippen LogP contribution is -2.38. The van der Waals surface area contributed by atoms with Crippen LogP contribution in [0.4, 0.5) is 0 Å². The molecule has 2 saturated heterocycles. The van der Waals surface area contributed by atoms with Gasteiger partial charge < -0.3 is 10.1 Å². The zero-order valence-corrected chi connectivity index (χ0v) is 11.2. The quantitative estimate of drug-likeness (QED) is 0.517. The third-order valence-corrected chi connectivity index (χ3v) is 4.46. The van der Waals surface area contributed by atoms with Gasteiger partial charge in [0, 0.05) is 12.0 Å². The van der Waals surface area contributed by atoms with E-state index in [2.05, 4.69) is 18.9 Å². The van der Waals surface area contributed by atoms with Crippen LogP contribution >= 0.6 is 0 Å². The van der Waals surface area contributed by atoms with Gasteiger partial charge in [0.25, 0.3) is 0 Å². The molecule has 0 aromatic carbocycles. The highest BCUT2D eigenvalue weighted by molar-refractivity contribution is 4.94. The molecule has 0 aromatic heterocycles. The molecule has 4 unspecified atom stereocenters. The molecule has 0 amide bonds. The van der Waals surface area contributed by atoms with Gasteiger partial charge in [-0.15, -0.1) is 6.58 Å². The fourth-order valence-corrected chi connectivity index (χ4v) is 3.50. The topological polar surface area (TPSA) is 21.3 Å². The van der Waals surface area contributed by atoms with Crippen molar-refractivity contribution in [3.8, 4) is 0 Å². The van der Waals surface area contributed by atoms with Gasteiger partial charge in [0.05, 0.1) is 12.2 Å². The van der Waals surface area contributed by atoms with Crippen molar-refractivity contribution >= 4 is 0 Å². The molecule has 4 atom stereocenters. The van der Waals surface area contributed by atoms with Gasteiger partial charge in [-0.25, -0.2) is 0 Å². The lowest BCUT2D eigenvalue weighted by Gasteiger charge is -2.28. The second-order valence-corrected chi connectivity index (χ2v) is 5.60. The minimum absolute atomic E-state index is 0.561. The van der Waals surface area contributed by atoms with Crippen LogP contribution in [0.3, 0.4) is 0 Å². The molecule has 2 bridgehead atoms. The third-order valence-electron chi connectivity index (χ3n) is 4.46. The minimum atomic E-state index is 0.561. The Kier molecular flexibility index (Phi) is 5.05. The van der Waals surface area contributed by atoms with Gasteiger partial charge >= 0.3 is 0 Å². The van der Waals surface area contributed by atoms with Crippen LogP contribution in [0.1, 0.15) is 51.4 Å². The second-order valence-electron chi connectivity index (χ2n) is 5.60. The summed E-state index contributed by atoms with van der Waals surface area (Å²) >= 11 is 0.